The third-order valence-corrected chi connectivity index (χ3v) is 10.7. The Bertz CT molecular complexity index is 1280. The Balaban J connectivity index is 1.58. The lowest BCUT2D eigenvalue weighted by Crippen LogP contribution is -2.42. The van der Waals surface area contributed by atoms with Crippen LogP contribution < -0.4 is 5.32 Å². The molecule has 8 nitrogen and oxygen atoms in total. The van der Waals surface area contributed by atoms with Crippen LogP contribution >= 0.6 is 11.3 Å². The van der Waals surface area contributed by atoms with Crippen molar-refractivity contribution in [1.29, 1.82) is 0 Å². The fourth-order valence-corrected chi connectivity index (χ4v) is 8.81. The number of piperidine rings is 1. The summed E-state index contributed by atoms with van der Waals surface area (Å²) in [6.45, 7) is 15.1. The lowest BCUT2D eigenvalue weighted by molar-refractivity contribution is 0.0772. The summed E-state index contributed by atoms with van der Waals surface area (Å²) in [5.74, 6) is 0.222. The molecule has 2 amide bonds. The van der Waals surface area contributed by atoms with Crippen LogP contribution in [0.1, 0.15) is 78.6 Å². The summed E-state index contributed by atoms with van der Waals surface area (Å²) in [6, 6.07) is 6.14. The molecule has 2 atom stereocenters. The maximum Gasteiger partial charge on any atom is 0.257 e. The van der Waals surface area contributed by atoms with Crippen molar-refractivity contribution in [1.82, 2.24) is 14.1 Å². The molecule has 2 aliphatic rings. The quantitative estimate of drug-likeness (QED) is 0.459. The Morgan fingerprint density at radius 3 is 2.28 bits per heavy atom. The van der Waals surface area contributed by atoms with Gasteiger partial charge in [-0.2, -0.15) is 4.31 Å². The fourth-order valence-electron chi connectivity index (χ4n) is 5.85. The molecule has 3 heterocycles. The van der Waals surface area contributed by atoms with Gasteiger partial charge in [-0.15, -0.1) is 11.3 Å². The largest absolute Gasteiger partial charge is 0.339 e. The molecule has 1 aromatic heterocycles. The van der Waals surface area contributed by atoms with E-state index in [1.165, 1.54) is 23.5 Å². The van der Waals surface area contributed by atoms with Crippen LogP contribution in [0.3, 0.4) is 0 Å². The van der Waals surface area contributed by atoms with E-state index >= 15 is 0 Å². The summed E-state index contributed by atoms with van der Waals surface area (Å²) in [5.41, 5.74) is 2.01. The number of anilines is 1. The number of fused-ring (bicyclic) bond motifs is 1. The van der Waals surface area contributed by atoms with E-state index in [-0.39, 0.29) is 16.7 Å². The van der Waals surface area contributed by atoms with Crippen LogP contribution in [0.25, 0.3) is 0 Å². The minimum absolute atomic E-state index is 0.0526. The molecule has 214 valence electrons. The molecule has 2 unspecified atom stereocenters. The zero-order chi connectivity index (χ0) is 28.3. The average molecular weight is 575 g/mol. The number of nitrogens with zero attached hydrogens (tertiary/aromatic N) is 3. The van der Waals surface area contributed by atoms with Crippen molar-refractivity contribution >= 4 is 38.2 Å². The second-order valence-corrected chi connectivity index (χ2v) is 14.0. The van der Waals surface area contributed by atoms with Gasteiger partial charge in [0.15, 0.2) is 0 Å². The van der Waals surface area contributed by atoms with Crippen LogP contribution in [0, 0.1) is 11.8 Å². The zero-order valence-electron chi connectivity index (χ0n) is 23.8. The van der Waals surface area contributed by atoms with Gasteiger partial charge in [-0.25, -0.2) is 8.42 Å². The molecular formula is C29H42N4O4S2. The zero-order valence-corrected chi connectivity index (χ0v) is 25.5. The van der Waals surface area contributed by atoms with Crippen LogP contribution in [-0.2, 0) is 23.0 Å². The Kier molecular flexibility index (Phi) is 9.52. The molecule has 2 aliphatic heterocycles. The number of carbonyl (C=O) groups is 2. The monoisotopic (exact) mass is 574 g/mol. The maximum atomic E-state index is 13.5. The average Bonchev–Trinajstić information content (AvgIpc) is 3.25. The van der Waals surface area contributed by atoms with Gasteiger partial charge in [-0.3, -0.25) is 14.5 Å². The first-order valence-electron chi connectivity index (χ1n) is 14.2. The summed E-state index contributed by atoms with van der Waals surface area (Å²) in [5, 5.41) is 3.58. The van der Waals surface area contributed by atoms with Crippen molar-refractivity contribution in [2.75, 3.05) is 44.6 Å². The van der Waals surface area contributed by atoms with Gasteiger partial charge < -0.3 is 10.2 Å². The molecule has 0 radical (unpaired) electrons. The Labute approximate surface area is 237 Å². The molecular weight excluding hydrogens is 532 g/mol. The van der Waals surface area contributed by atoms with Crippen LogP contribution in [0.5, 0.6) is 0 Å². The van der Waals surface area contributed by atoms with Gasteiger partial charge in [0.25, 0.3) is 11.8 Å². The molecule has 0 aliphatic carbocycles. The van der Waals surface area contributed by atoms with Gasteiger partial charge in [-0.1, -0.05) is 20.8 Å². The predicted octanol–water partition coefficient (Wildman–Crippen LogP) is 4.92. The summed E-state index contributed by atoms with van der Waals surface area (Å²) >= 11 is 1.48. The lowest BCUT2D eigenvalue weighted by atomic mass is 9.94. The highest BCUT2D eigenvalue weighted by Crippen LogP contribution is 2.38. The Morgan fingerprint density at radius 1 is 1.05 bits per heavy atom. The first-order chi connectivity index (χ1) is 18.6. The fraction of sp³-hybridized carbons (Fsp3) is 0.586. The van der Waals surface area contributed by atoms with Crippen molar-refractivity contribution in [3.63, 3.8) is 0 Å². The Hall–Kier alpha value is -2.27. The topological polar surface area (TPSA) is 90.0 Å². The Morgan fingerprint density at radius 2 is 1.69 bits per heavy atom. The second kappa shape index (κ2) is 12.5. The van der Waals surface area contributed by atoms with Crippen molar-refractivity contribution < 1.29 is 18.0 Å². The maximum absolute atomic E-state index is 13.5. The van der Waals surface area contributed by atoms with Crippen LogP contribution in [0.4, 0.5) is 5.00 Å². The normalized spacial score (nSPS) is 20.4. The molecule has 1 fully saturated rings. The summed E-state index contributed by atoms with van der Waals surface area (Å²) in [7, 11) is -3.63. The van der Waals surface area contributed by atoms with E-state index in [9.17, 15) is 18.0 Å². The van der Waals surface area contributed by atoms with Gasteiger partial charge in [0.2, 0.25) is 10.0 Å². The molecule has 1 N–H and O–H groups in total. The number of hydrogen-bond acceptors (Lipinski definition) is 6. The van der Waals surface area contributed by atoms with Crippen molar-refractivity contribution in [2.45, 2.75) is 65.3 Å². The van der Waals surface area contributed by atoms with Crippen molar-refractivity contribution in [2.24, 2.45) is 11.8 Å². The van der Waals surface area contributed by atoms with E-state index in [0.29, 0.717) is 54.1 Å². The summed E-state index contributed by atoms with van der Waals surface area (Å²) in [6.07, 6.45) is 2.87. The van der Waals surface area contributed by atoms with Crippen LogP contribution in [0.2, 0.25) is 0 Å². The third-order valence-electron chi connectivity index (χ3n) is 7.76. The number of rotatable bonds is 9. The number of hydrogen-bond donors (Lipinski definition) is 1. The minimum Gasteiger partial charge on any atom is -0.339 e. The van der Waals surface area contributed by atoms with E-state index in [1.54, 1.807) is 21.3 Å². The summed E-state index contributed by atoms with van der Waals surface area (Å²) in [4.78, 5) is 32.4. The number of amides is 2. The van der Waals surface area contributed by atoms with Gasteiger partial charge in [0, 0.05) is 49.7 Å². The molecule has 2 aromatic rings. The first-order valence-corrected chi connectivity index (χ1v) is 16.4. The van der Waals surface area contributed by atoms with Gasteiger partial charge in [0.1, 0.15) is 5.00 Å². The number of nitrogens with one attached hydrogen (secondary N) is 1. The van der Waals surface area contributed by atoms with E-state index in [1.807, 2.05) is 13.8 Å². The van der Waals surface area contributed by atoms with Gasteiger partial charge in [0.05, 0.1) is 10.5 Å². The van der Waals surface area contributed by atoms with Gasteiger partial charge >= 0.3 is 0 Å². The highest BCUT2D eigenvalue weighted by atomic mass is 32.2. The number of carbonyl (C=O) groups excluding carboxylic acids is 2. The van der Waals surface area contributed by atoms with Crippen LogP contribution in [0.15, 0.2) is 29.2 Å². The molecule has 0 saturated carbocycles. The summed E-state index contributed by atoms with van der Waals surface area (Å²) < 4.78 is 28.1. The van der Waals surface area contributed by atoms with E-state index in [0.717, 1.165) is 49.3 Å². The predicted molar refractivity (Wildman–Crippen MR) is 157 cm³/mol. The molecule has 0 bridgehead atoms. The van der Waals surface area contributed by atoms with Crippen molar-refractivity contribution in [3.05, 3.63) is 45.8 Å². The highest BCUT2D eigenvalue weighted by molar-refractivity contribution is 7.89. The van der Waals surface area contributed by atoms with Gasteiger partial charge in [-0.05, 0) is 81.3 Å². The number of benzene rings is 1. The smallest absolute Gasteiger partial charge is 0.257 e. The molecule has 1 aromatic carbocycles. The van der Waals surface area contributed by atoms with E-state index in [2.05, 4.69) is 31.0 Å². The first kappa shape index (κ1) is 29.7. The number of sulfonamides is 1. The molecule has 0 spiro atoms. The second-order valence-electron chi connectivity index (χ2n) is 11.0. The standard InChI is InChI=1S/C29H42N4O4S2/c1-6-14-31-15-13-24-25(19-31)38-28(26(24)29(35)32(7-2)8-3)30-27(34)22-9-11-23(12-10-22)39(36,37)33-17-20(4)16-21(5)18-33/h9-12,20-21H,6-8,13-19H2,1-5H3,(H,30,34). The van der Waals surface area contributed by atoms with Crippen LogP contribution in [-0.4, -0.2) is 73.6 Å². The van der Waals surface area contributed by atoms with E-state index < -0.39 is 10.0 Å². The van der Waals surface area contributed by atoms with Crippen molar-refractivity contribution in [3.8, 4) is 0 Å². The van der Waals surface area contributed by atoms with E-state index in [4.69, 9.17) is 0 Å². The SMILES string of the molecule is CCCN1CCc2c(sc(NC(=O)c3ccc(S(=O)(=O)N4CC(C)CC(C)C4)cc3)c2C(=O)N(CC)CC)C1. The minimum atomic E-state index is -3.63. The molecule has 1 saturated heterocycles. The molecule has 4 rings (SSSR count). The molecule has 39 heavy (non-hydrogen) atoms. The lowest BCUT2D eigenvalue weighted by Gasteiger charge is -2.34. The highest BCUT2D eigenvalue weighted by Gasteiger charge is 2.33. The third kappa shape index (κ3) is 6.39. The number of thiophene rings is 1. The molecule has 10 heteroatoms.